The quantitative estimate of drug-likeness (QED) is 0.161. The highest BCUT2D eigenvalue weighted by molar-refractivity contribution is 5.75. The fourth-order valence-corrected chi connectivity index (χ4v) is 3.86. The van der Waals surface area contributed by atoms with E-state index in [2.05, 4.69) is 33.0 Å². The third-order valence-corrected chi connectivity index (χ3v) is 5.84. The number of carbonyl (C=O) groups is 2. The molecule has 0 atom stereocenters. The van der Waals surface area contributed by atoms with Gasteiger partial charge in [0.25, 0.3) is 0 Å². The van der Waals surface area contributed by atoms with Crippen molar-refractivity contribution in [3.8, 4) is 0 Å². The van der Waals surface area contributed by atoms with Gasteiger partial charge < -0.3 is 15.2 Å². The summed E-state index contributed by atoms with van der Waals surface area (Å²) in [5.74, 6) is 0.0930. The van der Waals surface area contributed by atoms with Crippen molar-refractivity contribution >= 4 is 11.9 Å². The van der Waals surface area contributed by atoms with E-state index in [9.17, 15) is 9.59 Å². The first-order valence-corrected chi connectivity index (χ1v) is 13.3. The molecule has 0 aliphatic rings. The van der Waals surface area contributed by atoms with E-state index in [1.54, 1.807) is 0 Å². The molecule has 0 aromatic heterocycles. The van der Waals surface area contributed by atoms with Crippen LogP contribution in [0.4, 0.5) is 0 Å². The molecule has 0 fully saturated rings. The molecule has 0 aliphatic heterocycles. The maximum absolute atomic E-state index is 12.0. The number of amides is 1. The molecule has 0 aromatic rings. The maximum Gasteiger partial charge on any atom is 0.303 e. The monoisotopic (exact) mass is 455 g/mol. The summed E-state index contributed by atoms with van der Waals surface area (Å²) in [7, 11) is 0. The van der Waals surface area contributed by atoms with E-state index in [1.165, 1.54) is 51.4 Å². The highest BCUT2D eigenvalue weighted by Crippen LogP contribution is 2.22. The smallest absolute Gasteiger partial charge is 0.303 e. The predicted octanol–water partition coefficient (Wildman–Crippen LogP) is 7.13. The van der Waals surface area contributed by atoms with Gasteiger partial charge in [0.1, 0.15) is 0 Å². The lowest BCUT2D eigenvalue weighted by molar-refractivity contribution is -0.137. The summed E-state index contributed by atoms with van der Waals surface area (Å²) in [6.45, 7) is 11.2. The van der Waals surface area contributed by atoms with E-state index < -0.39 is 5.97 Å². The molecule has 0 aromatic carbocycles. The van der Waals surface area contributed by atoms with Gasteiger partial charge in [-0.05, 0) is 37.0 Å². The van der Waals surface area contributed by atoms with Gasteiger partial charge >= 0.3 is 5.97 Å². The summed E-state index contributed by atoms with van der Waals surface area (Å²) in [5, 5.41) is 11.7. The molecule has 0 rings (SSSR count). The number of rotatable bonds is 23. The summed E-state index contributed by atoms with van der Waals surface area (Å²) in [6, 6.07) is 0. The Morgan fingerprint density at radius 1 is 0.781 bits per heavy atom. The Balaban J connectivity index is 3.37. The van der Waals surface area contributed by atoms with Crippen molar-refractivity contribution in [1.29, 1.82) is 0 Å². The fourth-order valence-electron chi connectivity index (χ4n) is 3.86. The molecule has 0 saturated carbocycles. The van der Waals surface area contributed by atoms with Crippen molar-refractivity contribution in [3.05, 3.63) is 0 Å². The fraction of sp³-hybridized carbons (Fsp3) is 0.926. The SMILES string of the molecule is CC(C)COCC(C)(C)CCCNC(=O)CCCCCCCCCCCCCCC(=O)O. The molecule has 32 heavy (non-hydrogen) atoms. The highest BCUT2D eigenvalue weighted by atomic mass is 16.5. The number of carbonyl (C=O) groups excluding carboxylic acids is 1. The molecular formula is C27H53NO4. The normalized spacial score (nSPS) is 11.8. The summed E-state index contributed by atoms with van der Waals surface area (Å²) < 4.78 is 5.77. The minimum atomic E-state index is -0.677. The molecular weight excluding hydrogens is 402 g/mol. The lowest BCUT2D eigenvalue weighted by Gasteiger charge is -2.25. The summed E-state index contributed by atoms with van der Waals surface area (Å²) in [6.07, 6.45) is 17.1. The molecule has 0 saturated heterocycles. The van der Waals surface area contributed by atoms with Crippen molar-refractivity contribution in [2.75, 3.05) is 19.8 Å². The van der Waals surface area contributed by atoms with Gasteiger partial charge in [-0.15, -0.1) is 0 Å². The first-order chi connectivity index (χ1) is 15.2. The molecule has 1 amide bonds. The lowest BCUT2D eigenvalue weighted by Crippen LogP contribution is -2.27. The second-order valence-electron chi connectivity index (χ2n) is 10.7. The van der Waals surface area contributed by atoms with Gasteiger partial charge in [0.2, 0.25) is 5.91 Å². The largest absolute Gasteiger partial charge is 0.481 e. The van der Waals surface area contributed by atoms with Crippen LogP contribution >= 0.6 is 0 Å². The van der Waals surface area contributed by atoms with Crippen LogP contribution in [-0.4, -0.2) is 36.7 Å². The van der Waals surface area contributed by atoms with Crippen LogP contribution in [0.25, 0.3) is 0 Å². The molecule has 0 bridgehead atoms. The van der Waals surface area contributed by atoms with Crippen LogP contribution in [-0.2, 0) is 14.3 Å². The lowest BCUT2D eigenvalue weighted by atomic mass is 9.89. The van der Waals surface area contributed by atoms with Gasteiger partial charge in [-0.25, -0.2) is 0 Å². The third-order valence-electron chi connectivity index (χ3n) is 5.84. The van der Waals surface area contributed by atoms with Gasteiger partial charge in [-0.3, -0.25) is 9.59 Å². The minimum Gasteiger partial charge on any atom is -0.481 e. The third kappa shape index (κ3) is 23.6. The molecule has 0 heterocycles. The number of hydrogen-bond donors (Lipinski definition) is 2. The van der Waals surface area contributed by atoms with Gasteiger partial charge in [0, 0.05) is 26.0 Å². The van der Waals surface area contributed by atoms with Crippen LogP contribution in [0.2, 0.25) is 0 Å². The Morgan fingerprint density at radius 2 is 1.25 bits per heavy atom. The number of unbranched alkanes of at least 4 members (excludes halogenated alkanes) is 11. The maximum atomic E-state index is 12.0. The van der Waals surface area contributed by atoms with Crippen molar-refractivity contribution in [2.24, 2.45) is 11.3 Å². The molecule has 0 radical (unpaired) electrons. The standard InChI is InChI=1S/C27H53NO4/c1-24(2)22-32-23-27(3,4)20-17-21-28-25(29)18-15-13-11-9-7-5-6-8-10-12-14-16-19-26(30)31/h24H,5-23H2,1-4H3,(H,28,29)(H,30,31). The van der Waals surface area contributed by atoms with E-state index in [-0.39, 0.29) is 11.3 Å². The molecule has 0 spiro atoms. The molecule has 2 N–H and O–H groups in total. The first kappa shape index (κ1) is 30.9. The zero-order valence-electron chi connectivity index (χ0n) is 21.7. The number of carboxylic acids is 1. The summed E-state index contributed by atoms with van der Waals surface area (Å²) >= 11 is 0. The van der Waals surface area contributed by atoms with E-state index in [0.717, 1.165) is 58.3 Å². The van der Waals surface area contributed by atoms with E-state index in [0.29, 0.717) is 18.8 Å². The van der Waals surface area contributed by atoms with E-state index in [1.807, 2.05) is 0 Å². The average Bonchev–Trinajstić information content (AvgIpc) is 2.70. The van der Waals surface area contributed by atoms with Crippen LogP contribution in [0.5, 0.6) is 0 Å². The zero-order valence-corrected chi connectivity index (χ0v) is 21.7. The molecule has 5 heteroatoms. The highest BCUT2D eigenvalue weighted by Gasteiger charge is 2.18. The predicted molar refractivity (Wildman–Crippen MR) is 134 cm³/mol. The Morgan fingerprint density at radius 3 is 1.72 bits per heavy atom. The van der Waals surface area contributed by atoms with Gasteiger partial charge in [0.05, 0.1) is 6.61 Å². The average molecular weight is 456 g/mol. The summed E-state index contributed by atoms with van der Waals surface area (Å²) in [5.41, 5.74) is 0.168. The second-order valence-corrected chi connectivity index (χ2v) is 10.7. The topological polar surface area (TPSA) is 75.6 Å². The number of nitrogens with one attached hydrogen (secondary N) is 1. The van der Waals surface area contributed by atoms with E-state index in [4.69, 9.17) is 9.84 Å². The molecule has 0 unspecified atom stereocenters. The minimum absolute atomic E-state index is 0.168. The van der Waals surface area contributed by atoms with Gasteiger partial charge in [-0.1, -0.05) is 91.9 Å². The number of hydrogen-bond acceptors (Lipinski definition) is 3. The van der Waals surface area contributed by atoms with Crippen molar-refractivity contribution in [3.63, 3.8) is 0 Å². The Hall–Kier alpha value is -1.10. The van der Waals surface area contributed by atoms with Gasteiger partial charge in [0.15, 0.2) is 0 Å². The van der Waals surface area contributed by atoms with Gasteiger partial charge in [-0.2, -0.15) is 0 Å². The second kappa shape index (κ2) is 20.5. The number of ether oxygens (including phenoxy) is 1. The van der Waals surface area contributed by atoms with Crippen LogP contribution in [0.15, 0.2) is 0 Å². The number of aliphatic carboxylic acids is 1. The molecule has 0 aliphatic carbocycles. The summed E-state index contributed by atoms with van der Waals surface area (Å²) in [4.78, 5) is 22.4. The van der Waals surface area contributed by atoms with Crippen molar-refractivity contribution in [1.82, 2.24) is 5.32 Å². The van der Waals surface area contributed by atoms with Crippen LogP contribution in [0.3, 0.4) is 0 Å². The van der Waals surface area contributed by atoms with Crippen LogP contribution in [0, 0.1) is 11.3 Å². The number of carboxylic acid groups (broad SMARTS) is 1. The van der Waals surface area contributed by atoms with E-state index >= 15 is 0 Å². The van der Waals surface area contributed by atoms with Crippen LogP contribution < -0.4 is 5.32 Å². The first-order valence-electron chi connectivity index (χ1n) is 13.3. The van der Waals surface area contributed by atoms with Crippen molar-refractivity contribution < 1.29 is 19.4 Å². The Bertz CT molecular complexity index is 463. The van der Waals surface area contributed by atoms with Crippen molar-refractivity contribution in [2.45, 2.75) is 130 Å². The van der Waals surface area contributed by atoms with Crippen LogP contribution in [0.1, 0.15) is 130 Å². The Labute approximate surface area is 198 Å². The molecule has 190 valence electrons. The zero-order chi connectivity index (χ0) is 24.1. The Kier molecular flexibility index (Phi) is 19.8. The molecule has 5 nitrogen and oxygen atoms in total.